The molecule has 2 N–H and O–H groups in total. The smallest absolute Gasteiger partial charge is 0.326 e. The maximum atomic E-state index is 13.2. The number of hydrogen-bond donors (Lipinski definition) is 2. The molecule has 1 aromatic rings. The fourth-order valence-electron chi connectivity index (χ4n) is 3.66. The van der Waals surface area contributed by atoms with Crippen molar-refractivity contribution in [3.8, 4) is 0 Å². The minimum atomic E-state index is -1.95. The summed E-state index contributed by atoms with van der Waals surface area (Å²) < 4.78 is 30.9. The van der Waals surface area contributed by atoms with Crippen molar-refractivity contribution in [2.45, 2.75) is 77.5 Å². The molecule has 15 heteroatoms. The van der Waals surface area contributed by atoms with E-state index in [0.717, 1.165) is 27.7 Å². The summed E-state index contributed by atoms with van der Waals surface area (Å²) in [7, 11) is 0. The second-order valence-electron chi connectivity index (χ2n) is 8.51. The van der Waals surface area contributed by atoms with Gasteiger partial charge in [0.25, 0.3) is 5.91 Å². The van der Waals surface area contributed by atoms with Crippen molar-refractivity contribution in [1.29, 1.82) is 0 Å². The molecule has 0 spiro atoms. The Balaban J connectivity index is 2.31. The molecule has 0 saturated carbocycles. The number of aliphatic carboxylic acids is 1. The summed E-state index contributed by atoms with van der Waals surface area (Å²) >= 11 is 0. The van der Waals surface area contributed by atoms with Gasteiger partial charge in [0, 0.05) is 27.7 Å². The van der Waals surface area contributed by atoms with Crippen molar-refractivity contribution >= 4 is 41.7 Å². The van der Waals surface area contributed by atoms with Crippen molar-refractivity contribution < 1.29 is 67.1 Å². The summed E-state index contributed by atoms with van der Waals surface area (Å²) in [4.78, 5) is 84.5. The third-order valence-corrected chi connectivity index (χ3v) is 5.17. The maximum absolute atomic E-state index is 13.2. The molecule has 1 amide bonds. The van der Waals surface area contributed by atoms with Gasteiger partial charge in [-0.15, -0.1) is 0 Å². The fraction of sp³-hybridized carbons (Fsp3) is 0.480. The van der Waals surface area contributed by atoms with E-state index in [1.165, 1.54) is 0 Å². The monoisotopic (exact) mass is 567 g/mol. The second kappa shape index (κ2) is 14.6. The van der Waals surface area contributed by atoms with Crippen molar-refractivity contribution in [2.75, 3.05) is 0 Å². The molecule has 1 fully saturated rings. The van der Waals surface area contributed by atoms with Crippen LogP contribution >= 0.6 is 0 Å². The summed E-state index contributed by atoms with van der Waals surface area (Å²) in [5, 5.41) is 11.7. The van der Waals surface area contributed by atoms with E-state index in [-0.39, 0.29) is 6.61 Å². The first-order valence-corrected chi connectivity index (χ1v) is 11.9. The molecule has 1 aromatic carbocycles. The highest BCUT2D eigenvalue weighted by atomic mass is 16.7. The van der Waals surface area contributed by atoms with Crippen LogP contribution in [0.1, 0.15) is 39.7 Å². The highest BCUT2D eigenvalue weighted by Crippen LogP contribution is 2.30. The van der Waals surface area contributed by atoms with Crippen LogP contribution in [0.5, 0.6) is 0 Å². The Kier molecular flexibility index (Phi) is 11.5. The average Bonchev–Trinajstić information content (AvgIpc) is 2.85. The molecule has 40 heavy (non-hydrogen) atoms. The van der Waals surface area contributed by atoms with Crippen molar-refractivity contribution in [1.82, 2.24) is 5.32 Å². The maximum Gasteiger partial charge on any atom is 0.326 e. The minimum absolute atomic E-state index is 0.147. The van der Waals surface area contributed by atoms with E-state index < -0.39 is 84.9 Å². The summed E-state index contributed by atoms with van der Waals surface area (Å²) in [6.07, 6.45) is -9.79. The normalized spacial score (nSPS) is 22.6. The van der Waals surface area contributed by atoms with Gasteiger partial charge in [-0.3, -0.25) is 28.8 Å². The first-order valence-electron chi connectivity index (χ1n) is 11.9. The molecular formula is C25H29NO14. The lowest BCUT2D eigenvalue weighted by atomic mass is 9.96. The van der Waals surface area contributed by atoms with Gasteiger partial charge in [0.05, 0.1) is 6.42 Å². The molecule has 15 nitrogen and oxygen atoms in total. The predicted octanol–water partition coefficient (Wildman–Crippen LogP) is -0.228. The van der Waals surface area contributed by atoms with Crippen LogP contribution in [0.2, 0.25) is 0 Å². The summed E-state index contributed by atoms with van der Waals surface area (Å²) in [5.74, 6) is -7.61. The highest BCUT2D eigenvalue weighted by molar-refractivity contribution is 5.89. The van der Waals surface area contributed by atoms with Gasteiger partial charge in [0.2, 0.25) is 12.4 Å². The number of carbonyl (C=O) groups excluding carboxylic acids is 6. The molecule has 0 aliphatic carbocycles. The number of carbonyl (C=O) groups is 7. The van der Waals surface area contributed by atoms with E-state index in [0.29, 0.717) is 5.56 Å². The molecule has 218 valence electrons. The third-order valence-electron chi connectivity index (χ3n) is 5.17. The van der Waals surface area contributed by atoms with Crippen LogP contribution in [0.25, 0.3) is 0 Å². The lowest BCUT2D eigenvalue weighted by Crippen LogP contribution is -2.66. The predicted molar refractivity (Wildman–Crippen MR) is 128 cm³/mol. The summed E-state index contributed by atoms with van der Waals surface area (Å²) in [6.45, 7) is 3.75. The largest absolute Gasteiger partial charge is 0.480 e. The third kappa shape index (κ3) is 9.65. The molecule has 1 aliphatic rings. The van der Waals surface area contributed by atoms with Gasteiger partial charge in [-0.2, -0.15) is 0 Å². The highest BCUT2D eigenvalue weighted by Gasteiger charge is 2.55. The molecule has 0 radical (unpaired) electrons. The first-order chi connectivity index (χ1) is 18.8. The lowest BCUT2D eigenvalue weighted by molar-refractivity contribution is -0.290. The van der Waals surface area contributed by atoms with Gasteiger partial charge >= 0.3 is 35.8 Å². The van der Waals surface area contributed by atoms with Crippen molar-refractivity contribution in [3.63, 3.8) is 0 Å². The van der Waals surface area contributed by atoms with E-state index in [2.05, 4.69) is 5.32 Å². The van der Waals surface area contributed by atoms with E-state index in [4.69, 9.17) is 28.4 Å². The van der Waals surface area contributed by atoms with Gasteiger partial charge in [-0.25, -0.2) is 4.79 Å². The van der Waals surface area contributed by atoms with E-state index in [1.807, 2.05) is 0 Å². The van der Waals surface area contributed by atoms with Gasteiger partial charge in [0.15, 0.2) is 18.3 Å². The first kappa shape index (κ1) is 31.7. The number of hydrogen-bond acceptors (Lipinski definition) is 13. The topological polar surface area (TPSA) is 207 Å². The molecular weight excluding hydrogens is 538 g/mol. The number of carboxylic acid groups (broad SMARTS) is 1. The molecule has 1 heterocycles. The van der Waals surface area contributed by atoms with Crippen LogP contribution in [0.15, 0.2) is 30.3 Å². The molecule has 0 unspecified atom stereocenters. The zero-order valence-corrected chi connectivity index (χ0v) is 22.0. The Morgan fingerprint density at radius 2 is 1.32 bits per heavy atom. The van der Waals surface area contributed by atoms with E-state index >= 15 is 0 Å². The SMILES string of the molecule is CC(=O)O[C@@H]1O[C@H](C(=O)N[C@@H](CC(=O)OCc2ccccc2)C(=O)O)[C@@H](OC(C)=O)[C@H](OC(C)=O)[C@H]1OC(C)=O. The van der Waals surface area contributed by atoms with E-state index in [9.17, 15) is 38.7 Å². The Bertz CT molecular complexity index is 1120. The van der Waals surface area contributed by atoms with Crippen LogP contribution < -0.4 is 5.32 Å². The Morgan fingerprint density at radius 1 is 0.800 bits per heavy atom. The Labute approximate surface area is 228 Å². The van der Waals surface area contributed by atoms with Crippen molar-refractivity contribution in [2.24, 2.45) is 0 Å². The Morgan fingerprint density at radius 3 is 1.85 bits per heavy atom. The van der Waals surface area contributed by atoms with Crippen LogP contribution in [0.3, 0.4) is 0 Å². The average molecular weight is 568 g/mol. The molecule has 1 saturated heterocycles. The van der Waals surface area contributed by atoms with Gasteiger partial charge in [0.1, 0.15) is 12.6 Å². The van der Waals surface area contributed by atoms with Crippen LogP contribution in [-0.4, -0.2) is 83.6 Å². The quantitative estimate of drug-likeness (QED) is 0.262. The summed E-state index contributed by atoms with van der Waals surface area (Å²) in [5.41, 5.74) is 0.641. The van der Waals surface area contributed by atoms with Crippen LogP contribution in [0.4, 0.5) is 0 Å². The van der Waals surface area contributed by atoms with E-state index in [1.54, 1.807) is 30.3 Å². The number of nitrogens with one attached hydrogen (secondary N) is 1. The lowest BCUT2D eigenvalue weighted by Gasteiger charge is -2.43. The van der Waals surface area contributed by atoms with Gasteiger partial charge < -0.3 is 38.8 Å². The number of benzene rings is 1. The molecule has 6 atom stereocenters. The fourth-order valence-corrected chi connectivity index (χ4v) is 3.66. The minimum Gasteiger partial charge on any atom is -0.480 e. The molecule has 0 aromatic heterocycles. The molecule has 1 aliphatic heterocycles. The molecule has 0 bridgehead atoms. The number of rotatable bonds is 11. The summed E-state index contributed by atoms with van der Waals surface area (Å²) in [6, 6.07) is 6.71. The number of ether oxygens (including phenoxy) is 6. The van der Waals surface area contributed by atoms with Gasteiger partial charge in [-0.05, 0) is 5.56 Å². The number of esters is 5. The van der Waals surface area contributed by atoms with Gasteiger partial charge in [-0.1, -0.05) is 30.3 Å². The Hall–Kier alpha value is -4.53. The number of carboxylic acids is 1. The van der Waals surface area contributed by atoms with Crippen LogP contribution in [-0.2, 0) is 68.6 Å². The van der Waals surface area contributed by atoms with Crippen molar-refractivity contribution in [3.05, 3.63) is 35.9 Å². The standard InChI is InChI=1S/C25H29NO14/c1-12(27)36-19-20(37-13(2)28)22(38-14(3)29)25(39-15(4)30)40-21(19)23(32)26-17(24(33)34)10-18(31)35-11-16-8-6-5-7-9-16/h5-9,17,19-22,25H,10-11H2,1-4H3,(H,26,32)(H,33,34)/t17-,19-,20-,21-,22+,25+/m0/s1. The zero-order chi connectivity index (χ0) is 30.0. The zero-order valence-electron chi connectivity index (χ0n) is 22.0. The number of amides is 1. The molecule has 2 rings (SSSR count). The second-order valence-corrected chi connectivity index (χ2v) is 8.51. The van der Waals surface area contributed by atoms with Crippen LogP contribution in [0, 0.1) is 0 Å².